The number of nitrogens with one attached hydrogen (secondary N) is 1. The summed E-state index contributed by atoms with van der Waals surface area (Å²) in [5.41, 5.74) is 14.7. The number of primary amides is 1. The van der Waals surface area contributed by atoms with Gasteiger partial charge in [0.1, 0.15) is 23.0 Å². The van der Waals surface area contributed by atoms with Crippen LogP contribution in [0.25, 0.3) is 22.1 Å². The molecule has 4 aromatic carbocycles. The molecule has 0 spiro atoms. The van der Waals surface area contributed by atoms with Crippen molar-refractivity contribution in [2.45, 2.75) is 24.8 Å². The summed E-state index contributed by atoms with van der Waals surface area (Å²) in [6.07, 6.45) is 1.82. The van der Waals surface area contributed by atoms with Crippen LogP contribution in [0.15, 0.2) is 89.3 Å². The Hall–Kier alpha value is -4.98. The second-order valence-corrected chi connectivity index (χ2v) is 10.1. The first-order valence-electron chi connectivity index (χ1n) is 12.8. The molecule has 0 bridgehead atoms. The predicted molar refractivity (Wildman–Crippen MR) is 149 cm³/mol. The fourth-order valence-electron chi connectivity index (χ4n) is 5.16. The molecule has 1 fully saturated rings. The van der Waals surface area contributed by atoms with Gasteiger partial charge in [-0.2, -0.15) is 0 Å². The Kier molecular flexibility index (Phi) is 6.10. The first-order valence-corrected chi connectivity index (χ1v) is 12.8. The van der Waals surface area contributed by atoms with Gasteiger partial charge in [0, 0.05) is 40.3 Å². The molecule has 6 rings (SSSR count). The summed E-state index contributed by atoms with van der Waals surface area (Å²) in [4.78, 5) is 25.7. The molecule has 8 heteroatoms. The highest BCUT2D eigenvalue weighted by molar-refractivity contribution is 6.09. The van der Waals surface area contributed by atoms with Crippen molar-refractivity contribution in [3.8, 4) is 11.1 Å². The lowest BCUT2D eigenvalue weighted by atomic mass is 9.96. The number of amides is 2. The summed E-state index contributed by atoms with van der Waals surface area (Å²) in [6, 6.07) is 22.7. The molecule has 0 aliphatic heterocycles. The van der Waals surface area contributed by atoms with Crippen LogP contribution in [-0.2, 0) is 12.0 Å². The lowest BCUT2D eigenvalue weighted by Crippen LogP contribution is -2.34. The summed E-state index contributed by atoms with van der Waals surface area (Å²) >= 11 is 0. The molecule has 0 atom stereocenters. The molecule has 6 nitrogen and oxygen atoms in total. The van der Waals surface area contributed by atoms with Crippen LogP contribution in [0.2, 0.25) is 0 Å². The molecule has 1 saturated carbocycles. The normalized spacial score (nSPS) is 13.8. The average Bonchev–Trinajstić information content (AvgIpc) is 3.64. The van der Waals surface area contributed by atoms with Crippen LogP contribution in [0.5, 0.6) is 0 Å². The van der Waals surface area contributed by atoms with Crippen molar-refractivity contribution in [3.05, 3.63) is 125 Å². The van der Waals surface area contributed by atoms with Crippen molar-refractivity contribution in [1.82, 2.24) is 5.32 Å². The van der Waals surface area contributed by atoms with Crippen LogP contribution in [-0.4, -0.2) is 11.8 Å². The van der Waals surface area contributed by atoms with E-state index in [-0.39, 0.29) is 46.3 Å². The number of nitrogens with two attached hydrogens (primary N) is 2. The Labute approximate surface area is 228 Å². The number of benzene rings is 4. The molecule has 1 aromatic heterocycles. The van der Waals surface area contributed by atoms with Gasteiger partial charge in [0.15, 0.2) is 0 Å². The topological polar surface area (TPSA) is 111 Å². The van der Waals surface area contributed by atoms with E-state index in [1.807, 2.05) is 30.3 Å². The van der Waals surface area contributed by atoms with E-state index < -0.39 is 17.3 Å². The molecule has 40 heavy (non-hydrogen) atoms. The molecule has 0 radical (unpaired) electrons. The number of fused-ring (bicyclic) bond motifs is 1. The van der Waals surface area contributed by atoms with Crippen molar-refractivity contribution in [3.63, 3.8) is 0 Å². The van der Waals surface area contributed by atoms with E-state index in [4.69, 9.17) is 15.9 Å². The van der Waals surface area contributed by atoms with Gasteiger partial charge in [-0.1, -0.05) is 42.5 Å². The summed E-state index contributed by atoms with van der Waals surface area (Å²) < 4.78 is 34.5. The Balaban J connectivity index is 1.37. The predicted octanol–water partition coefficient (Wildman–Crippen LogP) is 6.07. The van der Waals surface area contributed by atoms with E-state index in [1.165, 1.54) is 36.4 Å². The highest BCUT2D eigenvalue weighted by Crippen LogP contribution is 2.45. The van der Waals surface area contributed by atoms with E-state index in [9.17, 15) is 14.0 Å². The van der Waals surface area contributed by atoms with Gasteiger partial charge in [0.05, 0.1) is 11.1 Å². The molecular weight excluding hydrogens is 512 g/mol. The number of nitrogen functional groups attached to an aromatic ring is 1. The number of hydrogen-bond donors (Lipinski definition) is 3. The molecular formula is C32H25F2N3O3. The van der Waals surface area contributed by atoms with Crippen molar-refractivity contribution >= 4 is 28.5 Å². The molecule has 5 aromatic rings. The van der Waals surface area contributed by atoms with Gasteiger partial charge in [-0.25, -0.2) is 8.78 Å². The van der Waals surface area contributed by atoms with Gasteiger partial charge < -0.3 is 21.2 Å². The first-order chi connectivity index (χ1) is 19.2. The molecule has 0 saturated heterocycles. The van der Waals surface area contributed by atoms with Crippen LogP contribution >= 0.6 is 0 Å². The fourth-order valence-corrected chi connectivity index (χ4v) is 5.16. The van der Waals surface area contributed by atoms with Gasteiger partial charge in [-0.05, 0) is 60.4 Å². The molecule has 200 valence electrons. The SMILES string of the molecule is NC(=O)c1c(Cc2ccc(F)cc2)oc2cc(N)c(-c3cc(C(=O)NC4(c5ccccc5)CC4)ccc3F)cc12. The standard InChI is InChI=1S/C32H25F2N3O3/c33-21-9-6-18(7-10-21)14-28-29(30(36)38)24-16-23(26(35)17-27(24)40-28)22-15-19(8-11-25(22)34)31(39)37-32(12-13-32)20-4-2-1-3-5-20/h1-11,15-17H,12-14,35H2,(H2,36,38)(H,37,39). The fraction of sp³-hybridized carbons (Fsp3) is 0.125. The lowest BCUT2D eigenvalue weighted by molar-refractivity contribution is 0.0929. The molecule has 0 unspecified atom stereocenters. The van der Waals surface area contributed by atoms with Crippen molar-refractivity contribution in [1.29, 1.82) is 0 Å². The summed E-state index contributed by atoms with van der Waals surface area (Å²) in [7, 11) is 0. The second kappa shape index (κ2) is 9.64. The largest absolute Gasteiger partial charge is 0.460 e. The molecule has 1 aliphatic carbocycles. The zero-order valence-electron chi connectivity index (χ0n) is 21.3. The van der Waals surface area contributed by atoms with Crippen LogP contribution in [0.1, 0.15) is 50.4 Å². The molecule has 1 aliphatic rings. The van der Waals surface area contributed by atoms with E-state index in [0.29, 0.717) is 22.1 Å². The van der Waals surface area contributed by atoms with Crippen molar-refractivity contribution in [2.75, 3.05) is 5.73 Å². The summed E-state index contributed by atoms with van der Waals surface area (Å²) in [5.74, 6) is -1.73. The minimum Gasteiger partial charge on any atom is -0.460 e. The zero-order chi connectivity index (χ0) is 28.0. The van der Waals surface area contributed by atoms with Gasteiger partial charge in [0.25, 0.3) is 11.8 Å². The maximum Gasteiger partial charge on any atom is 0.252 e. The van der Waals surface area contributed by atoms with Crippen LogP contribution in [0.4, 0.5) is 14.5 Å². The Bertz CT molecular complexity index is 1780. The highest BCUT2D eigenvalue weighted by atomic mass is 19.1. The number of carbonyl (C=O) groups is 2. The Morgan fingerprint density at radius 3 is 2.30 bits per heavy atom. The molecule has 2 amide bonds. The van der Waals surface area contributed by atoms with Crippen LogP contribution in [0.3, 0.4) is 0 Å². The Morgan fingerprint density at radius 1 is 0.900 bits per heavy atom. The van der Waals surface area contributed by atoms with Crippen LogP contribution < -0.4 is 16.8 Å². The number of carbonyl (C=O) groups excluding carboxylic acids is 2. The maximum atomic E-state index is 15.2. The number of halogens is 2. The van der Waals surface area contributed by atoms with Crippen LogP contribution in [0, 0.1) is 11.6 Å². The lowest BCUT2D eigenvalue weighted by Gasteiger charge is -2.18. The first kappa shape index (κ1) is 25.3. The van der Waals surface area contributed by atoms with E-state index in [1.54, 1.807) is 18.2 Å². The third kappa shape index (κ3) is 4.58. The quantitative estimate of drug-likeness (QED) is 0.219. The molecule has 1 heterocycles. The zero-order valence-corrected chi connectivity index (χ0v) is 21.3. The smallest absolute Gasteiger partial charge is 0.252 e. The highest BCUT2D eigenvalue weighted by Gasteiger charge is 2.45. The number of rotatable bonds is 7. The monoisotopic (exact) mass is 537 g/mol. The third-order valence-corrected chi connectivity index (χ3v) is 7.41. The third-order valence-electron chi connectivity index (χ3n) is 7.41. The Morgan fingerprint density at radius 2 is 1.62 bits per heavy atom. The minimum atomic E-state index is -0.726. The van der Waals surface area contributed by atoms with Crippen molar-refractivity contribution < 1.29 is 22.8 Å². The maximum absolute atomic E-state index is 15.2. The van der Waals surface area contributed by atoms with Crippen molar-refractivity contribution in [2.24, 2.45) is 5.73 Å². The van der Waals surface area contributed by atoms with E-state index in [0.717, 1.165) is 18.4 Å². The van der Waals surface area contributed by atoms with Gasteiger partial charge in [0.2, 0.25) is 0 Å². The summed E-state index contributed by atoms with van der Waals surface area (Å²) in [6.45, 7) is 0. The number of anilines is 1. The summed E-state index contributed by atoms with van der Waals surface area (Å²) in [5, 5.41) is 3.47. The van der Waals surface area contributed by atoms with Gasteiger partial charge >= 0.3 is 0 Å². The van der Waals surface area contributed by atoms with Gasteiger partial charge in [-0.15, -0.1) is 0 Å². The second-order valence-electron chi connectivity index (χ2n) is 10.1. The minimum absolute atomic E-state index is 0.105. The van der Waals surface area contributed by atoms with E-state index in [2.05, 4.69) is 5.32 Å². The molecule has 5 N–H and O–H groups in total. The number of hydrogen-bond acceptors (Lipinski definition) is 4. The number of furan rings is 1. The van der Waals surface area contributed by atoms with Gasteiger partial charge in [-0.3, -0.25) is 9.59 Å². The average molecular weight is 538 g/mol. The van der Waals surface area contributed by atoms with E-state index >= 15 is 4.39 Å².